The Bertz CT molecular complexity index is 449. The summed E-state index contributed by atoms with van der Waals surface area (Å²) in [4.78, 5) is 0. The molecule has 0 saturated carbocycles. The second-order valence-corrected chi connectivity index (χ2v) is 5.75. The monoisotopic (exact) mass is 265 g/mol. The first-order valence-electron chi connectivity index (χ1n) is 6.28. The van der Waals surface area contributed by atoms with Crippen LogP contribution in [0, 0.1) is 5.92 Å². The van der Waals surface area contributed by atoms with Crippen molar-refractivity contribution in [1.29, 1.82) is 0 Å². The minimum atomic E-state index is 0.708. The molecular weight excluding hydrogens is 246 g/mol. The summed E-state index contributed by atoms with van der Waals surface area (Å²) in [5.74, 6) is 0.708. The highest BCUT2D eigenvalue weighted by atomic mass is 32.1. The van der Waals surface area contributed by atoms with Gasteiger partial charge in [-0.15, -0.1) is 10.2 Å². The normalized spacial score (nSPS) is 11.3. The number of aryl methyl sites for hydroxylation is 1. The van der Waals surface area contributed by atoms with Gasteiger partial charge in [-0.05, 0) is 25.4 Å². The van der Waals surface area contributed by atoms with Gasteiger partial charge >= 0.3 is 0 Å². The Balaban J connectivity index is 1.74. The molecule has 2 aromatic heterocycles. The van der Waals surface area contributed by atoms with Crippen molar-refractivity contribution in [3.05, 3.63) is 17.4 Å². The number of aromatic amines is 1. The number of aromatic nitrogens is 4. The van der Waals surface area contributed by atoms with Gasteiger partial charge in [0, 0.05) is 12.6 Å². The second-order valence-electron chi connectivity index (χ2n) is 4.69. The van der Waals surface area contributed by atoms with Crippen LogP contribution in [0.3, 0.4) is 0 Å². The van der Waals surface area contributed by atoms with Gasteiger partial charge in [0.15, 0.2) is 5.01 Å². The molecule has 0 atom stereocenters. The summed E-state index contributed by atoms with van der Waals surface area (Å²) in [7, 11) is 0. The van der Waals surface area contributed by atoms with Gasteiger partial charge in [0.05, 0.1) is 11.8 Å². The fourth-order valence-electron chi connectivity index (χ4n) is 1.59. The molecule has 2 N–H and O–H groups in total. The SMILES string of the molecule is CC(C)CNCCCc1nnc(-c2cn[nH]c2)s1. The zero-order chi connectivity index (χ0) is 12.8. The van der Waals surface area contributed by atoms with Gasteiger partial charge in [-0.2, -0.15) is 5.10 Å². The van der Waals surface area contributed by atoms with Gasteiger partial charge in [-0.1, -0.05) is 25.2 Å². The standard InChI is InChI=1S/C12H19N5S/c1-9(2)6-13-5-3-4-11-16-17-12(18-11)10-7-14-15-8-10/h7-9,13H,3-6H2,1-2H3,(H,14,15). The lowest BCUT2D eigenvalue weighted by Gasteiger charge is -2.05. The maximum absolute atomic E-state index is 4.20. The van der Waals surface area contributed by atoms with Crippen LogP contribution in [0.4, 0.5) is 0 Å². The Morgan fingerprint density at radius 3 is 3.00 bits per heavy atom. The first-order chi connectivity index (χ1) is 8.75. The van der Waals surface area contributed by atoms with E-state index < -0.39 is 0 Å². The molecule has 0 spiro atoms. The van der Waals surface area contributed by atoms with Crippen LogP contribution >= 0.6 is 11.3 Å². The summed E-state index contributed by atoms with van der Waals surface area (Å²) in [6.45, 7) is 6.55. The smallest absolute Gasteiger partial charge is 0.150 e. The average Bonchev–Trinajstić information content (AvgIpc) is 2.98. The van der Waals surface area contributed by atoms with Crippen molar-refractivity contribution in [3.63, 3.8) is 0 Å². The number of nitrogens with zero attached hydrogens (tertiary/aromatic N) is 3. The van der Waals surface area contributed by atoms with Crippen LogP contribution in [0.5, 0.6) is 0 Å². The van der Waals surface area contributed by atoms with Crippen LogP contribution in [0.25, 0.3) is 10.6 Å². The summed E-state index contributed by atoms with van der Waals surface area (Å²) in [5, 5.41) is 20.5. The molecule has 0 bridgehead atoms. The zero-order valence-corrected chi connectivity index (χ0v) is 11.6. The number of hydrogen-bond donors (Lipinski definition) is 2. The van der Waals surface area contributed by atoms with E-state index in [0.717, 1.165) is 41.5 Å². The van der Waals surface area contributed by atoms with Crippen LogP contribution in [0.1, 0.15) is 25.3 Å². The summed E-state index contributed by atoms with van der Waals surface area (Å²) in [5.41, 5.74) is 1.01. The van der Waals surface area contributed by atoms with E-state index in [1.807, 2.05) is 6.20 Å². The van der Waals surface area contributed by atoms with E-state index in [1.54, 1.807) is 17.5 Å². The van der Waals surface area contributed by atoms with Crippen molar-refractivity contribution in [2.24, 2.45) is 5.92 Å². The Morgan fingerprint density at radius 1 is 1.39 bits per heavy atom. The third kappa shape index (κ3) is 3.89. The van der Waals surface area contributed by atoms with Crippen molar-refractivity contribution in [2.45, 2.75) is 26.7 Å². The average molecular weight is 265 g/mol. The van der Waals surface area contributed by atoms with Crippen LogP contribution in [0.15, 0.2) is 12.4 Å². The van der Waals surface area contributed by atoms with Crippen LogP contribution < -0.4 is 5.32 Å². The molecule has 0 saturated heterocycles. The lowest BCUT2D eigenvalue weighted by Crippen LogP contribution is -2.21. The van der Waals surface area contributed by atoms with E-state index in [1.165, 1.54) is 0 Å². The molecule has 0 amide bonds. The van der Waals surface area contributed by atoms with E-state index >= 15 is 0 Å². The molecular formula is C12H19N5S. The van der Waals surface area contributed by atoms with Crippen LogP contribution in [-0.2, 0) is 6.42 Å². The lowest BCUT2D eigenvalue weighted by molar-refractivity contribution is 0.542. The predicted molar refractivity (Wildman–Crippen MR) is 73.5 cm³/mol. The fraction of sp³-hybridized carbons (Fsp3) is 0.583. The highest BCUT2D eigenvalue weighted by Gasteiger charge is 2.07. The highest BCUT2D eigenvalue weighted by Crippen LogP contribution is 2.22. The van der Waals surface area contributed by atoms with Crippen molar-refractivity contribution in [3.8, 4) is 10.6 Å². The molecule has 2 rings (SSSR count). The Hall–Kier alpha value is -1.27. The maximum atomic E-state index is 4.20. The molecule has 0 aliphatic carbocycles. The molecule has 0 aliphatic rings. The Kier molecular flexibility index (Phi) is 4.83. The Labute approximate surface area is 111 Å². The minimum Gasteiger partial charge on any atom is -0.316 e. The molecule has 0 fully saturated rings. The first kappa shape index (κ1) is 13.2. The molecule has 0 radical (unpaired) electrons. The van der Waals surface area contributed by atoms with Gasteiger partial charge in [-0.25, -0.2) is 0 Å². The minimum absolute atomic E-state index is 0.708. The third-order valence-corrected chi connectivity index (χ3v) is 3.54. The predicted octanol–water partition coefficient (Wildman–Crippen LogP) is 2.11. The van der Waals surface area contributed by atoms with Crippen molar-refractivity contribution in [1.82, 2.24) is 25.7 Å². The van der Waals surface area contributed by atoms with E-state index in [-0.39, 0.29) is 0 Å². The van der Waals surface area contributed by atoms with Gasteiger partial charge in [-0.3, -0.25) is 5.10 Å². The number of rotatable bonds is 7. The van der Waals surface area contributed by atoms with Gasteiger partial charge in [0.2, 0.25) is 0 Å². The molecule has 0 aliphatic heterocycles. The van der Waals surface area contributed by atoms with Gasteiger partial charge < -0.3 is 5.32 Å². The first-order valence-corrected chi connectivity index (χ1v) is 7.09. The maximum Gasteiger partial charge on any atom is 0.150 e. The van der Waals surface area contributed by atoms with Crippen molar-refractivity contribution >= 4 is 11.3 Å². The molecule has 2 aromatic rings. The molecule has 6 heteroatoms. The van der Waals surface area contributed by atoms with Gasteiger partial charge in [0.25, 0.3) is 0 Å². The van der Waals surface area contributed by atoms with E-state index in [4.69, 9.17) is 0 Å². The topological polar surface area (TPSA) is 66.5 Å². The quantitative estimate of drug-likeness (QED) is 0.752. The van der Waals surface area contributed by atoms with Crippen molar-refractivity contribution in [2.75, 3.05) is 13.1 Å². The second kappa shape index (κ2) is 6.61. The molecule has 0 aromatic carbocycles. The number of H-pyrrole nitrogens is 1. The number of nitrogens with one attached hydrogen (secondary N) is 2. The highest BCUT2D eigenvalue weighted by molar-refractivity contribution is 7.14. The molecule has 5 nitrogen and oxygen atoms in total. The molecule has 18 heavy (non-hydrogen) atoms. The summed E-state index contributed by atoms with van der Waals surface area (Å²) in [6, 6.07) is 0. The van der Waals surface area contributed by atoms with Crippen molar-refractivity contribution < 1.29 is 0 Å². The summed E-state index contributed by atoms with van der Waals surface area (Å²) < 4.78 is 0. The molecule has 2 heterocycles. The van der Waals surface area contributed by atoms with Crippen LogP contribution in [-0.4, -0.2) is 33.5 Å². The van der Waals surface area contributed by atoms with E-state index in [2.05, 4.69) is 39.6 Å². The van der Waals surface area contributed by atoms with E-state index in [9.17, 15) is 0 Å². The van der Waals surface area contributed by atoms with E-state index in [0.29, 0.717) is 5.92 Å². The molecule has 0 unspecified atom stereocenters. The van der Waals surface area contributed by atoms with Crippen LogP contribution in [0.2, 0.25) is 0 Å². The third-order valence-electron chi connectivity index (χ3n) is 2.51. The summed E-state index contributed by atoms with van der Waals surface area (Å²) >= 11 is 1.64. The lowest BCUT2D eigenvalue weighted by atomic mass is 10.2. The number of hydrogen-bond acceptors (Lipinski definition) is 5. The zero-order valence-electron chi connectivity index (χ0n) is 10.8. The fourth-order valence-corrected chi connectivity index (χ4v) is 2.46. The largest absolute Gasteiger partial charge is 0.316 e. The molecule has 98 valence electrons. The Morgan fingerprint density at radius 2 is 2.28 bits per heavy atom. The van der Waals surface area contributed by atoms with Gasteiger partial charge in [0.1, 0.15) is 5.01 Å². The summed E-state index contributed by atoms with van der Waals surface area (Å²) in [6.07, 6.45) is 5.70.